The first-order chi connectivity index (χ1) is 17.0. The van der Waals surface area contributed by atoms with Crippen LogP contribution < -0.4 is 9.64 Å². The molecule has 35 heavy (non-hydrogen) atoms. The molecule has 0 aliphatic carbocycles. The van der Waals surface area contributed by atoms with Crippen molar-refractivity contribution < 1.29 is 13.9 Å². The first-order valence-electron chi connectivity index (χ1n) is 11.6. The summed E-state index contributed by atoms with van der Waals surface area (Å²) >= 11 is 0. The smallest absolute Gasteiger partial charge is 0.137 e. The number of halogens is 1. The summed E-state index contributed by atoms with van der Waals surface area (Å²) in [7, 11) is 1.64. The molecule has 1 aliphatic heterocycles. The minimum Gasteiger partial charge on any atom is -0.495 e. The zero-order valence-corrected chi connectivity index (χ0v) is 20.0. The van der Waals surface area contributed by atoms with Gasteiger partial charge in [0, 0.05) is 47.1 Å². The largest absolute Gasteiger partial charge is 0.495 e. The Balaban J connectivity index is 1.54. The third-order valence-corrected chi connectivity index (χ3v) is 6.40. The highest BCUT2D eigenvalue weighted by Gasteiger charge is 2.23. The molecule has 0 radical (unpaired) electrons. The Bertz CT molecular complexity index is 1420. The van der Waals surface area contributed by atoms with Gasteiger partial charge in [-0.25, -0.2) is 4.39 Å². The average molecular weight is 468 g/mol. The van der Waals surface area contributed by atoms with Crippen LogP contribution in [0, 0.1) is 17.1 Å². The highest BCUT2D eigenvalue weighted by Crippen LogP contribution is 2.40. The lowest BCUT2D eigenvalue weighted by Gasteiger charge is -2.36. The van der Waals surface area contributed by atoms with E-state index in [1.165, 1.54) is 6.07 Å². The third kappa shape index (κ3) is 4.31. The van der Waals surface area contributed by atoms with E-state index in [0.717, 1.165) is 35.3 Å². The Labute approximate surface area is 204 Å². The van der Waals surface area contributed by atoms with Crippen LogP contribution >= 0.6 is 0 Å². The van der Waals surface area contributed by atoms with Crippen molar-refractivity contribution in [2.24, 2.45) is 0 Å². The lowest BCUT2D eigenvalue weighted by molar-refractivity contribution is -0.00521. The molecule has 3 aromatic carbocycles. The normalized spacial score (nSPS) is 17.9. The van der Waals surface area contributed by atoms with Gasteiger partial charge in [-0.1, -0.05) is 30.3 Å². The van der Waals surface area contributed by atoms with Gasteiger partial charge < -0.3 is 14.4 Å². The number of anilines is 1. The van der Waals surface area contributed by atoms with E-state index in [2.05, 4.69) is 43.0 Å². The standard InChI is InChI=1S/C29H26FN3O2/c1-18-16-33(17-19(2)35-18)22-10-8-21(9-11-22)26-15-32-28-24(5-4-6-25(28)29(26)34-3)23-12-7-20(14-31)13-27(23)30/h4-13,15,18-19H,16-17H2,1-3H3/t18-,19?/m1/s1. The van der Waals surface area contributed by atoms with E-state index >= 15 is 0 Å². The summed E-state index contributed by atoms with van der Waals surface area (Å²) < 4.78 is 26.5. The summed E-state index contributed by atoms with van der Waals surface area (Å²) in [5.41, 5.74) is 4.99. The van der Waals surface area contributed by atoms with Crippen LogP contribution in [0.15, 0.2) is 66.9 Å². The fourth-order valence-electron chi connectivity index (χ4n) is 4.89. The topological polar surface area (TPSA) is 58.4 Å². The van der Waals surface area contributed by atoms with E-state index in [9.17, 15) is 4.39 Å². The molecule has 0 amide bonds. The maximum atomic E-state index is 14.8. The molecular formula is C29H26FN3O2. The van der Waals surface area contributed by atoms with Gasteiger partial charge >= 0.3 is 0 Å². The van der Waals surface area contributed by atoms with Crippen LogP contribution in [-0.4, -0.2) is 37.4 Å². The number of nitrogens with zero attached hydrogens (tertiary/aromatic N) is 3. The maximum Gasteiger partial charge on any atom is 0.137 e. The van der Waals surface area contributed by atoms with Gasteiger partial charge in [0.25, 0.3) is 0 Å². The van der Waals surface area contributed by atoms with Crippen molar-refractivity contribution >= 4 is 16.6 Å². The molecule has 1 aromatic heterocycles. The molecule has 5 nitrogen and oxygen atoms in total. The van der Waals surface area contributed by atoms with Crippen LogP contribution in [0.5, 0.6) is 5.75 Å². The minimum absolute atomic E-state index is 0.193. The molecular weight excluding hydrogens is 441 g/mol. The van der Waals surface area contributed by atoms with Gasteiger partial charge in [0.2, 0.25) is 0 Å². The number of pyridine rings is 1. The number of benzene rings is 3. The fourth-order valence-corrected chi connectivity index (χ4v) is 4.89. The van der Waals surface area contributed by atoms with E-state index < -0.39 is 5.82 Å². The van der Waals surface area contributed by atoms with Crippen LogP contribution in [0.3, 0.4) is 0 Å². The number of rotatable bonds is 4. The molecule has 1 fully saturated rings. The molecule has 4 aromatic rings. The van der Waals surface area contributed by atoms with E-state index in [1.807, 2.05) is 24.3 Å². The number of fused-ring (bicyclic) bond motifs is 1. The van der Waals surface area contributed by atoms with Crippen LogP contribution in [-0.2, 0) is 4.74 Å². The summed E-state index contributed by atoms with van der Waals surface area (Å²) in [6.45, 7) is 5.92. The van der Waals surface area contributed by atoms with Crippen molar-refractivity contribution in [3.63, 3.8) is 0 Å². The Morgan fingerprint density at radius 2 is 1.74 bits per heavy atom. The van der Waals surface area contributed by atoms with Crippen LogP contribution in [0.2, 0.25) is 0 Å². The lowest BCUT2D eigenvalue weighted by Crippen LogP contribution is -2.45. The first kappa shape index (κ1) is 22.8. The Kier molecular flexibility index (Phi) is 6.10. The molecule has 6 heteroatoms. The fraction of sp³-hybridized carbons (Fsp3) is 0.241. The van der Waals surface area contributed by atoms with E-state index in [4.69, 9.17) is 19.7 Å². The molecule has 1 saturated heterocycles. The van der Waals surface area contributed by atoms with Gasteiger partial charge in [0.05, 0.1) is 36.5 Å². The molecule has 2 heterocycles. The second-order valence-corrected chi connectivity index (χ2v) is 8.92. The Morgan fingerprint density at radius 3 is 2.40 bits per heavy atom. The van der Waals surface area contributed by atoms with Crippen molar-refractivity contribution in [3.05, 3.63) is 78.2 Å². The molecule has 1 aliphatic rings. The molecule has 0 saturated carbocycles. The number of methoxy groups -OCH3 is 1. The quantitative estimate of drug-likeness (QED) is 0.358. The van der Waals surface area contributed by atoms with Crippen molar-refractivity contribution in [1.29, 1.82) is 5.26 Å². The SMILES string of the molecule is COc1c(-c2ccc(N3CC(C)O[C@H](C)C3)cc2)cnc2c(-c3ccc(C#N)cc3F)cccc12. The number of aromatic nitrogens is 1. The highest BCUT2D eigenvalue weighted by atomic mass is 19.1. The first-order valence-corrected chi connectivity index (χ1v) is 11.6. The highest BCUT2D eigenvalue weighted by molar-refractivity contribution is 6.00. The molecule has 0 bridgehead atoms. The third-order valence-electron chi connectivity index (χ3n) is 6.40. The van der Waals surface area contributed by atoms with Crippen LogP contribution in [0.25, 0.3) is 33.2 Å². The minimum atomic E-state index is -0.455. The van der Waals surface area contributed by atoms with Crippen molar-refractivity contribution in [2.45, 2.75) is 26.1 Å². The number of nitriles is 1. The number of hydrogen-bond donors (Lipinski definition) is 0. The van der Waals surface area contributed by atoms with E-state index in [1.54, 1.807) is 25.4 Å². The van der Waals surface area contributed by atoms with E-state index in [-0.39, 0.29) is 17.8 Å². The van der Waals surface area contributed by atoms with Crippen LogP contribution in [0.4, 0.5) is 10.1 Å². The predicted octanol–water partition coefficient (Wildman–Crippen LogP) is 6.20. The van der Waals surface area contributed by atoms with Gasteiger partial charge in [-0.2, -0.15) is 5.26 Å². The molecule has 5 rings (SSSR count). The monoisotopic (exact) mass is 467 g/mol. The van der Waals surface area contributed by atoms with Crippen molar-refractivity contribution in [3.8, 4) is 34.1 Å². The zero-order valence-electron chi connectivity index (χ0n) is 20.0. The van der Waals surface area contributed by atoms with Gasteiger partial charge in [-0.3, -0.25) is 4.98 Å². The number of para-hydroxylation sites is 1. The van der Waals surface area contributed by atoms with Gasteiger partial charge in [-0.05, 0) is 49.7 Å². The van der Waals surface area contributed by atoms with Gasteiger partial charge in [0.15, 0.2) is 0 Å². The number of morpholine rings is 1. The van der Waals surface area contributed by atoms with E-state index in [0.29, 0.717) is 22.4 Å². The van der Waals surface area contributed by atoms with Crippen molar-refractivity contribution in [1.82, 2.24) is 4.98 Å². The average Bonchev–Trinajstić information content (AvgIpc) is 2.87. The van der Waals surface area contributed by atoms with Crippen LogP contribution in [0.1, 0.15) is 19.4 Å². The number of hydrogen-bond acceptors (Lipinski definition) is 5. The summed E-state index contributed by atoms with van der Waals surface area (Å²) in [5, 5.41) is 9.86. The second kappa shape index (κ2) is 9.36. The Hall–Kier alpha value is -3.95. The van der Waals surface area contributed by atoms with Gasteiger partial charge in [-0.15, -0.1) is 0 Å². The zero-order chi connectivity index (χ0) is 24.5. The second-order valence-electron chi connectivity index (χ2n) is 8.92. The summed E-state index contributed by atoms with van der Waals surface area (Å²) in [5.74, 6) is 0.232. The lowest BCUT2D eigenvalue weighted by atomic mass is 9.97. The molecule has 176 valence electrons. The molecule has 0 spiro atoms. The van der Waals surface area contributed by atoms with Gasteiger partial charge in [0.1, 0.15) is 11.6 Å². The maximum absolute atomic E-state index is 14.8. The predicted molar refractivity (Wildman–Crippen MR) is 136 cm³/mol. The molecule has 1 unspecified atom stereocenters. The molecule has 2 atom stereocenters. The molecule has 0 N–H and O–H groups in total. The summed E-state index contributed by atoms with van der Waals surface area (Å²) in [6.07, 6.45) is 2.16. The number of ether oxygens (including phenoxy) is 2. The summed E-state index contributed by atoms with van der Waals surface area (Å²) in [4.78, 5) is 7.06. The Morgan fingerprint density at radius 1 is 1.00 bits per heavy atom. The summed E-state index contributed by atoms with van der Waals surface area (Å²) in [6, 6.07) is 20.5. The van der Waals surface area contributed by atoms with Crippen molar-refractivity contribution in [2.75, 3.05) is 25.1 Å².